The summed E-state index contributed by atoms with van der Waals surface area (Å²) in [6, 6.07) is 6.03. The summed E-state index contributed by atoms with van der Waals surface area (Å²) >= 11 is 0. The van der Waals surface area contributed by atoms with Gasteiger partial charge in [0.2, 0.25) is 0 Å². The first-order chi connectivity index (χ1) is 9.04. The summed E-state index contributed by atoms with van der Waals surface area (Å²) in [4.78, 5) is 10.8. The number of benzene rings is 1. The topological polar surface area (TPSA) is 45.0 Å². The molecule has 0 N–H and O–H groups in total. The molecule has 0 aromatic heterocycles. The van der Waals surface area contributed by atoms with Crippen molar-refractivity contribution < 1.29 is 4.79 Å². The Bertz CT molecular complexity index is 468. The Kier molecular flexibility index (Phi) is 3.98. The van der Waals surface area contributed by atoms with Gasteiger partial charge in [-0.15, -0.1) is 0 Å². The van der Waals surface area contributed by atoms with E-state index in [-0.39, 0.29) is 6.04 Å². The van der Waals surface area contributed by atoms with E-state index < -0.39 is 0 Å². The van der Waals surface area contributed by atoms with Crippen LogP contribution in [-0.2, 0) is 4.79 Å². The number of para-hydroxylation sites is 1. The Balaban J connectivity index is 2.47. The second-order valence-corrected chi connectivity index (χ2v) is 5.58. The summed E-state index contributed by atoms with van der Waals surface area (Å²) in [7, 11) is 0. The number of hydrogen-bond acceptors (Lipinski definition) is 4. The van der Waals surface area contributed by atoms with Crippen LogP contribution in [0.4, 0.5) is 5.69 Å². The number of rotatable bonds is 4. The van der Waals surface area contributed by atoms with Crippen LogP contribution in [0.15, 0.2) is 28.5 Å². The van der Waals surface area contributed by atoms with Gasteiger partial charge < -0.3 is 4.79 Å². The van der Waals surface area contributed by atoms with Crippen molar-refractivity contribution in [3.8, 4) is 0 Å². The lowest BCUT2D eigenvalue weighted by atomic mass is 9.92. The molecule has 102 valence electrons. The van der Waals surface area contributed by atoms with Gasteiger partial charge in [0, 0.05) is 0 Å². The Morgan fingerprint density at radius 2 is 1.79 bits per heavy atom. The van der Waals surface area contributed by atoms with Gasteiger partial charge in [-0.25, -0.2) is 5.01 Å². The number of carbonyl (C=O) groups is 1. The van der Waals surface area contributed by atoms with Crippen LogP contribution in [0, 0.1) is 0 Å². The highest BCUT2D eigenvalue weighted by Gasteiger charge is 2.25. The van der Waals surface area contributed by atoms with E-state index in [9.17, 15) is 4.79 Å². The van der Waals surface area contributed by atoms with E-state index in [2.05, 4.69) is 56.2 Å². The zero-order valence-electron chi connectivity index (χ0n) is 12.0. The molecule has 1 heterocycles. The van der Waals surface area contributed by atoms with Gasteiger partial charge in [-0.1, -0.05) is 51.1 Å². The fraction of sp³-hybridized carbons (Fsp3) is 0.533. The molecule has 1 aliphatic rings. The fourth-order valence-corrected chi connectivity index (χ4v) is 2.39. The quantitative estimate of drug-likeness (QED) is 0.774. The van der Waals surface area contributed by atoms with Crippen molar-refractivity contribution in [1.82, 2.24) is 0 Å². The van der Waals surface area contributed by atoms with Crippen LogP contribution >= 0.6 is 0 Å². The molecule has 0 aliphatic carbocycles. The molecule has 0 spiro atoms. The lowest BCUT2D eigenvalue weighted by molar-refractivity contribution is -0.108. The SMILES string of the molecule is CC(C)c1cccc(C(C)C)c1N1CC(C=O)N=N1. The third kappa shape index (κ3) is 2.67. The van der Waals surface area contributed by atoms with E-state index in [1.807, 2.05) is 5.01 Å². The summed E-state index contributed by atoms with van der Waals surface area (Å²) in [5.41, 5.74) is 3.65. The summed E-state index contributed by atoms with van der Waals surface area (Å²) in [5.74, 6) is 0.832. The van der Waals surface area contributed by atoms with Gasteiger partial charge in [-0.05, 0) is 23.0 Å². The lowest BCUT2D eigenvalue weighted by Crippen LogP contribution is -2.23. The molecule has 1 unspecified atom stereocenters. The first-order valence-corrected chi connectivity index (χ1v) is 6.81. The third-order valence-corrected chi connectivity index (χ3v) is 3.43. The molecule has 19 heavy (non-hydrogen) atoms. The van der Waals surface area contributed by atoms with Crippen LogP contribution < -0.4 is 5.01 Å². The van der Waals surface area contributed by atoms with E-state index in [0.717, 1.165) is 12.0 Å². The normalized spacial score (nSPS) is 18.6. The predicted molar refractivity (Wildman–Crippen MR) is 76.7 cm³/mol. The van der Waals surface area contributed by atoms with Gasteiger partial charge in [0.15, 0.2) is 0 Å². The highest BCUT2D eigenvalue weighted by Crippen LogP contribution is 2.36. The summed E-state index contributed by atoms with van der Waals surface area (Å²) in [6.45, 7) is 9.24. The van der Waals surface area contributed by atoms with Crippen molar-refractivity contribution in [3.63, 3.8) is 0 Å². The van der Waals surface area contributed by atoms with Crippen LogP contribution in [0.25, 0.3) is 0 Å². The standard InChI is InChI=1S/C15H21N3O/c1-10(2)13-6-5-7-14(11(3)4)15(13)18-8-12(9-19)16-17-18/h5-7,9-12H,8H2,1-4H3. The second kappa shape index (κ2) is 5.51. The van der Waals surface area contributed by atoms with Crippen molar-refractivity contribution in [2.24, 2.45) is 10.3 Å². The lowest BCUT2D eigenvalue weighted by Gasteiger charge is -2.24. The van der Waals surface area contributed by atoms with Crippen LogP contribution in [0.3, 0.4) is 0 Å². The Labute approximate surface area is 114 Å². The van der Waals surface area contributed by atoms with Gasteiger partial charge in [0.1, 0.15) is 12.3 Å². The smallest absolute Gasteiger partial charge is 0.148 e. The minimum Gasteiger partial charge on any atom is -0.301 e. The molecule has 4 nitrogen and oxygen atoms in total. The zero-order valence-corrected chi connectivity index (χ0v) is 12.0. The maximum atomic E-state index is 10.8. The molecule has 0 amide bonds. The molecule has 1 aromatic carbocycles. The van der Waals surface area contributed by atoms with Gasteiger partial charge in [-0.2, -0.15) is 5.11 Å². The molecule has 0 saturated carbocycles. The second-order valence-electron chi connectivity index (χ2n) is 5.58. The van der Waals surface area contributed by atoms with E-state index in [4.69, 9.17) is 0 Å². The molecule has 1 atom stereocenters. The summed E-state index contributed by atoms with van der Waals surface area (Å²) in [5, 5.41) is 10.0. The number of carbonyl (C=O) groups excluding carboxylic acids is 1. The molecule has 0 saturated heterocycles. The molecule has 0 radical (unpaired) electrons. The maximum Gasteiger partial charge on any atom is 0.148 e. The van der Waals surface area contributed by atoms with Crippen molar-refractivity contribution >= 4 is 12.0 Å². The predicted octanol–water partition coefficient (Wildman–Crippen LogP) is 3.69. The molecule has 0 bridgehead atoms. The van der Waals surface area contributed by atoms with E-state index in [1.54, 1.807) is 0 Å². The van der Waals surface area contributed by atoms with Gasteiger partial charge in [-0.3, -0.25) is 0 Å². The first kappa shape index (κ1) is 13.7. The van der Waals surface area contributed by atoms with Crippen molar-refractivity contribution in [2.75, 3.05) is 11.6 Å². The van der Waals surface area contributed by atoms with Crippen LogP contribution in [0.2, 0.25) is 0 Å². The van der Waals surface area contributed by atoms with Crippen molar-refractivity contribution in [1.29, 1.82) is 0 Å². The zero-order chi connectivity index (χ0) is 14.0. The van der Waals surface area contributed by atoms with E-state index >= 15 is 0 Å². The van der Waals surface area contributed by atoms with Gasteiger partial charge >= 0.3 is 0 Å². The Morgan fingerprint density at radius 3 is 2.21 bits per heavy atom. The minimum atomic E-state index is -0.333. The minimum absolute atomic E-state index is 0.333. The van der Waals surface area contributed by atoms with Crippen LogP contribution in [0.1, 0.15) is 50.7 Å². The fourth-order valence-electron chi connectivity index (χ4n) is 2.39. The largest absolute Gasteiger partial charge is 0.301 e. The molecule has 1 aromatic rings. The van der Waals surface area contributed by atoms with Crippen molar-refractivity contribution in [3.05, 3.63) is 29.3 Å². The summed E-state index contributed by atoms with van der Waals surface area (Å²) < 4.78 is 0. The third-order valence-electron chi connectivity index (χ3n) is 3.43. The van der Waals surface area contributed by atoms with Crippen LogP contribution in [0.5, 0.6) is 0 Å². The van der Waals surface area contributed by atoms with E-state index in [0.29, 0.717) is 18.4 Å². The maximum absolute atomic E-state index is 10.8. The number of aldehydes is 1. The van der Waals surface area contributed by atoms with Gasteiger partial charge in [0.05, 0.1) is 12.2 Å². The molecular formula is C15H21N3O. The highest BCUT2D eigenvalue weighted by atomic mass is 16.1. The van der Waals surface area contributed by atoms with E-state index in [1.165, 1.54) is 11.1 Å². The van der Waals surface area contributed by atoms with Gasteiger partial charge in [0.25, 0.3) is 0 Å². The average Bonchev–Trinajstić information content (AvgIpc) is 2.86. The Hall–Kier alpha value is -1.71. The molecule has 4 heteroatoms. The molecule has 1 aliphatic heterocycles. The monoisotopic (exact) mass is 259 g/mol. The number of anilines is 1. The molecule has 0 fully saturated rings. The van der Waals surface area contributed by atoms with Crippen LogP contribution in [-0.4, -0.2) is 18.9 Å². The molecule has 2 rings (SSSR count). The Morgan fingerprint density at radius 1 is 1.21 bits per heavy atom. The number of nitrogens with zero attached hydrogens (tertiary/aromatic N) is 3. The number of hydrogen-bond donors (Lipinski definition) is 0. The van der Waals surface area contributed by atoms with Crippen molar-refractivity contribution in [2.45, 2.75) is 45.6 Å². The molecular weight excluding hydrogens is 238 g/mol. The highest BCUT2D eigenvalue weighted by molar-refractivity contribution is 5.65. The summed E-state index contributed by atoms with van der Waals surface area (Å²) in [6.07, 6.45) is 0.858. The first-order valence-electron chi connectivity index (χ1n) is 6.81. The average molecular weight is 259 g/mol.